The minimum Gasteiger partial charge on any atom is -0.449 e. The van der Waals surface area contributed by atoms with Gasteiger partial charge in [-0.1, -0.05) is 11.6 Å². The van der Waals surface area contributed by atoms with Gasteiger partial charge in [0.2, 0.25) is 11.7 Å². The molecule has 4 N–H and O–H groups in total. The van der Waals surface area contributed by atoms with Gasteiger partial charge in [-0.2, -0.15) is 0 Å². The number of rotatable bonds is 5. The molecule has 0 spiro atoms. The van der Waals surface area contributed by atoms with Crippen LogP contribution in [0.15, 0.2) is 40.9 Å². The number of nitrogens with zero attached hydrogens (tertiary/aromatic N) is 2. The number of hydrogen-bond acceptors (Lipinski definition) is 6. The molecular weight excluding hydrogens is 430 g/mol. The Bertz CT molecular complexity index is 1130. The van der Waals surface area contributed by atoms with Crippen LogP contribution in [0, 0.1) is 5.92 Å². The molecular formula is C23H26ClN5O3. The van der Waals surface area contributed by atoms with Gasteiger partial charge < -0.3 is 25.7 Å². The van der Waals surface area contributed by atoms with Gasteiger partial charge in [0, 0.05) is 29.2 Å². The highest BCUT2D eigenvalue weighted by Gasteiger charge is 2.30. The average molecular weight is 456 g/mol. The van der Waals surface area contributed by atoms with Crippen LogP contribution in [0.25, 0.3) is 11.0 Å². The van der Waals surface area contributed by atoms with E-state index in [0.717, 1.165) is 25.7 Å². The summed E-state index contributed by atoms with van der Waals surface area (Å²) in [6, 6.07) is 8.75. The number of fused-ring (bicyclic) bond motifs is 1. The smallest absolute Gasteiger partial charge is 0.294 e. The van der Waals surface area contributed by atoms with Crippen molar-refractivity contribution in [2.45, 2.75) is 31.7 Å². The van der Waals surface area contributed by atoms with Gasteiger partial charge in [0.15, 0.2) is 0 Å². The molecule has 3 aromatic rings. The number of carbonyl (C=O) groups excluding carboxylic acids is 2. The van der Waals surface area contributed by atoms with Crippen LogP contribution in [0.2, 0.25) is 5.02 Å². The summed E-state index contributed by atoms with van der Waals surface area (Å²) < 4.78 is 5.81. The lowest BCUT2D eigenvalue weighted by molar-refractivity contribution is -0.121. The summed E-state index contributed by atoms with van der Waals surface area (Å²) >= 11 is 5.86. The van der Waals surface area contributed by atoms with Crippen molar-refractivity contribution >= 4 is 51.6 Å². The summed E-state index contributed by atoms with van der Waals surface area (Å²) in [6.45, 7) is 0. The molecule has 2 aromatic heterocycles. The zero-order valence-electron chi connectivity index (χ0n) is 18.0. The fraction of sp³-hybridized carbons (Fsp3) is 0.348. The van der Waals surface area contributed by atoms with Gasteiger partial charge >= 0.3 is 0 Å². The molecule has 1 aliphatic rings. The molecule has 1 aromatic carbocycles. The van der Waals surface area contributed by atoms with E-state index in [0.29, 0.717) is 39.2 Å². The van der Waals surface area contributed by atoms with Crippen LogP contribution in [0.4, 0.5) is 17.2 Å². The Morgan fingerprint density at radius 2 is 1.88 bits per heavy atom. The Morgan fingerprint density at radius 1 is 1.12 bits per heavy atom. The SMILES string of the molecule is CN(C)[C@H]1CC[C@H](C(=O)Nc2c(C(=O)Nc3ccc(Cl)cn3)oc3ccc(N)cc23)CC1. The third-order valence-electron chi connectivity index (χ3n) is 5.93. The predicted molar refractivity (Wildman–Crippen MR) is 126 cm³/mol. The van der Waals surface area contributed by atoms with Crippen molar-refractivity contribution < 1.29 is 14.0 Å². The number of amides is 2. The normalized spacial score (nSPS) is 18.6. The predicted octanol–water partition coefficient (Wildman–Crippen LogP) is 4.37. The number of pyridine rings is 1. The third-order valence-corrected chi connectivity index (χ3v) is 6.16. The molecule has 8 nitrogen and oxygen atoms in total. The molecule has 168 valence electrons. The van der Waals surface area contributed by atoms with Crippen LogP contribution in [-0.2, 0) is 4.79 Å². The standard InChI is InChI=1S/C23H26ClN5O3/c1-29(2)16-7-3-13(4-8-16)22(30)28-20-17-11-15(25)6-9-18(17)32-21(20)23(31)27-19-10-5-14(24)12-26-19/h5-6,9-13,16H,3-4,7-8,25H2,1-2H3,(H,28,30)(H,26,27,31)/t13-,16-. The number of furan rings is 1. The van der Waals surface area contributed by atoms with Gasteiger partial charge in [-0.3, -0.25) is 9.59 Å². The summed E-state index contributed by atoms with van der Waals surface area (Å²) in [5.41, 5.74) is 7.23. The van der Waals surface area contributed by atoms with Crippen LogP contribution in [-0.4, -0.2) is 41.8 Å². The van der Waals surface area contributed by atoms with Crippen molar-refractivity contribution in [3.63, 3.8) is 0 Å². The minimum absolute atomic E-state index is 0.00215. The second kappa shape index (κ2) is 9.18. The number of anilines is 3. The molecule has 0 atom stereocenters. The molecule has 0 saturated heterocycles. The highest BCUT2D eigenvalue weighted by atomic mass is 35.5. The fourth-order valence-corrected chi connectivity index (χ4v) is 4.21. The largest absolute Gasteiger partial charge is 0.449 e. The molecule has 0 unspecified atom stereocenters. The van der Waals surface area contributed by atoms with Gasteiger partial charge in [-0.25, -0.2) is 4.98 Å². The molecule has 0 aliphatic heterocycles. The number of nitrogens with two attached hydrogens (primary N) is 1. The Labute approximate surface area is 191 Å². The summed E-state index contributed by atoms with van der Waals surface area (Å²) in [5, 5.41) is 6.66. The molecule has 2 heterocycles. The zero-order valence-corrected chi connectivity index (χ0v) is 18.8. The molecule has 1 saturated carbocycles. The van der Waals surface area contributed by atoms with Gasteiger partial charge in [-0.05, 0) is 70.1 Å². The van der Waals surface area contributed by atoms with Crippen molar-refractivity contribution in [2.75, 3.05) is 30.5 Å². The van der Waals surface area contributed by atoms with Crippen LogP contribution >= 0.6 is 11.6 Å². The quantitative estimate of drug-likeness (QED) is 0.492. The van der Waals surface area contributed by atoms with E-state index in [1.807, 2.05) is 0 Å². The lowest BCUT2D eigenvalue weighted by Gasteiger charge is -2.31. The first-order valence-electron chi connectivity index (χ1n) is 10.5. The lowest BCUT2D eigenvalue weighted by atomic mass is 9.85. The molecule has 1 aliphatic carbocycles. The van der Waals surface area contributed by atoms with Gasteiger partial charge in [0.25, 0.3) is 5.91 Å². The molecule has 4 rings (SSSR count). The number of benzene rings is 1. The van der Waals surface area contributed by atoms with Crippen LogP contribution in [0.1, 0.15) is 36.2 Å². The maximum atomic E-state index is 13.1. The zero-order chi connectivity index (χ0) is 22.8. The maximum absolute atomic E-state index is 13.1. The van der Waals surface area contributed by atoms with Crippen molar-refractivity contribution in [3.05, 3.63) is 47.3 Å². The third kappa shape index (κ3) is 4.71. The number of halogens is 1. The monoisotopic (exact) mass is 455 g/mol. The lowest BCUT2D eigenvalue weighted by Crippen LogP contribution is -2.35. The molecule has 0 radical (unpaired) electrons. The Hall–Kier alpha value is -3.10. The van der Waals surface area contributed by atoms with Crippen LogP contribution in [0.5, 0.6) is 0 Å². The van der Waals surface area contributed by atoms with E-state index < -0.39 is 5.91 Å². The van der Waals surface area contributed by atoms with Crippen LogP contribution < -0.4 is 16.4 Å². The molecule has 9 heteroatoms. The van der Waals surface area contributed by atoms with E-state index in [1.54, 1.807) is 30.3 Å². The van der Waals surface area contributed by atoms with E-state index in [9.17, 15) is 9.59 Å². The summed E-state index contributed by atoms with van der Waals surface area (Å²) in [4.78, 5) is 32.4. The number of nitrogens with one attached hydrogen (secondary N) is 2. The fourth-order valence-electron chi connectivity index (χ4n) is 4.10. The first-order valence-corrected chi connectivity index (χ1v) is 10.9. The Kier molecular flexibility index (Phi) is 6.34. The van der Waals surface area contributed by atoms with Crippen molar-refractivity contribution in [1.29, 1.82) is 0 Å². The number of nitrogen functional groups attached to an aromatic ring is 1. The Balaban J connectivity index is 1.59. The number of carbonyl (C=O) groups is 2. The van der Waals surface area contributed by atoms with E-state index >= 15 is 0 Å². The van der Waals surface area contributed by atoms with Crippen molar-refractivity contribution in [1.82, 2.24) is 9.88 Å². The first-order chi connectivity index (χ1) is 15.3. The average Bonchev–Trinajstić information content (AvgIpc) is 3.13. The van der Waals surface area contributed by atoms with Crippen molar-refractivity contribution in [2.24, 2.45) is 5.92 Å². The van der Waals surface area contributed by atoms with E-state index in [1.165, 1.54) is 6.20 Å². The highest BCUT2D eigenvalue weighted by molar-refractivity contribution is 6.30. The van der Waals surface area contributed by atoms with Gasteiger partial charge in [0.1, 0.15) is 17.1 Å². The second-order valence-electron chi connectivity index (χ2n) is 8.34. The second-order valence-corrected chi connectivity index (χ2v) is 8.77. The van der Waals surface area contributed by atoms with E-state index in [4.69, 9.17) is 21.8 Å². The summed E-state index contributed by atoms with van der Waals surface area (Å²) in [5.74, 6) is -0.449. The highest BCUT2D eigenvalue weighted by Crippen LogP contribution is 2.35. The van der Waals surface area contributed by atoms with E-state index in [-0.39, 0.29) is 17.6 Å². The van der Waals surface area contributed by atoms with Crippen LogP contribution in [0.3, 0.4) is 0 Å². The minimum atomic E-state index is -0.527. The molecule has 2 amide bonds. The number of hydrogen-bond donors (Lipinski definition) is 3. The van der Waals surface area contributed by atoms with Gasteiger partial charge in [-0.15, -0.1) is 0 Å². The summed E-state index contributed by atoms with van der Waals surface area (Å²) in [6.07, 6.45) is 4.94. The first kappa shape index (κ1) is 22.1. The van der Waals surface area contributed by atoms with Gasteiger partial charge in [0.05, 0.1) is 5.02 Å². The molecule has 0 bridgehead atoms. The Morgan fingerprint density at radius 3 is 2.53 bits per heavy atom. The molecule has 32 heavy (non-hydrogen) atoms. The molecule has 1 fully saturated rings. The topological polar surface area (TPSA) is 113 Å². The van der Waals surface area contributed by atoms with E-state index in [2.05, 4.69) is 34.6 Å². The summed E-state index contributed by atoms with van der Waals surface area (Å²) in [7, 11) is 4.13. The number of aromatic nitrogens is 1. The maximum Gasteiger partial charge on any atom is 0.294 e. The van der Waals surface area contributed by atoms with Crippen molar-refractivity contribution in [3.8, 4) is 0 Å².